The molecule has 5 amide bonds. The molecular formula is C52H70F2N16O4. The number of urea groups is 2. The molecule has 0 radical (unpaired) electrons. The van der Waals surface area contributed by atoms with Gasteiger partial charge in [0.25, 0.3) is 0 Å². The number of ether oxygens (including phenoxy) is 1. The van der Waals surface area contributed by atoms with Crippen LogP contribution in [0.4, 0.5) is 34.5 Å². The Balaban J connectivity index is 0.000000242. The molecule has 2 aliphatic rings. The van der Waals surface area contributed by atoms with Crippen molar-refractivity contribution in [1.82, 2.24) is 66.2 Å². The number of carbonyl (C=O) groups excluding carboxylic acids is 3. The van der Waals surface area contributed by atoms with E-state index in [1.165, 1.54) is 31.3 Å². The van der Waals surface area contributed by atoms with Crippen LogP contribution in [0.3, 0.4) is 0 Å². The smallest absolute Gasteiger partial charge is 0.408 e. The molecule has 0 spiro atoms. The van der Waals surface area contributed by atoms with Crippen LogP contribution in [0.5, 0.6) is 0 Å². The maximum absolute atomic E-state index is 13.3. The third-order valence-electron chi connectivity index (χ3n) is 13.2. The van der Waals surface area contributed by atoms with Gasteiger partial charge >= 0.3 is 18.2 Å². The Labute approximate surface area is 431 Å². The van der Waals surface area contributed by atoms with E-state index in [4.69, 9.17) is 10.5 Å². The van der Waals surface area contributed by atoms with Crippen LogP contribution in [0.2, 0.25) is 0 Å². The third kappa shape index (κ3) is 16.3. The van der Waals surface area contributed by atoms with Gasteiger partial charge in [0.2, 0.25) is 0 Å². The lowest BCUT2D eigenvalue weighted by molar-refractivity contribution is -0.0412. The molecular weight excluding hydrogens is 951 g/mol. The predicted molar refractivity (Wildman–Crippen MR) is 279 cm³/mol. The van der Waals surface area contributed by atoms with E-state index in [9.17, 15) is 23.2 Å². The summed E-state index contributed by atoms with van der Waals surface area (Å²) in [6.45, 7) is 7.21. The Hall–Kier alpha value is -7.43. The fourth-order valence-electron chi connectivity index (χ4n) is 9.59. The van der Waals surface area contributed by atoms with Gasteiger partial charge in [-0.15, -0.1) is 10.2 Å². The van der Waals surface area contributed by atoms with E-state index in [0.29, 0.717) is 47.7 Å². The van der Waals surface area contributed by atoms with E-state index in [-0.39, 0.29) is 43.4 Å². The number of nitrogens with one attached hydrogen (secondary N) is 5. The minimum Gasteiger partial charge on any atom is -0.430 e. The molecule has 2 fully saturated rings. The van der Waals surface area contributed by atoms with Gasteiger partial charge < -0.3 is 37.1 Å². The topological polar surface area (TPSA) is 240 Å². The van der Waals surface area contributed by atoms with Gasteiger partial charge in [-0.05, 0) is 158 Å². The lowest BCUT2D eigenvalue weighted by Crippen LogP contribution is -2.51. The van der Waals surface area contributed by atoms with Gasteiger partial charge in [0.05, 0.1) is 6.17 Å². The van der Waals surface area contributed by atoms with Crippen LogP contribution >= 0.6 is 0 Å². The molecule has 8 rings (SSSR count). The number of nitrogens with two attached hydrogens (primary N) is 1. The quantitative estimate of drug-likeness (QED) is 0.0543. The highest BCUT2D eigenvalue weighted by Crippen LogP contribution is 2.27. The Kier molecular flexibility index (Phi) is 19.5. The summed E-state index contributed by atoms with van der Waals surface area (Å²) in [7, 11) is 5.03. The van der Waals surface area contributed by atoms with E-state index in [0.717, 1.165) is 87.0 Å². The largest absolute Gasteiger partial charge is 0.430 e. The number of carbonyl (C=O) groups is 3. The van der Waals surface area contributed by atoms with Crippen molar-refractivity contribution < 1.29 is 29.3 Å². The highest BCUT2D eigenvalue weighted by Gasteiger charge is 2.31. The summed E-state index contributed by atoms with van der Waals surface area (Å²) in [5.41, 5.74) is 11.6. The van der Waals surface area contributed by atoms with Crippen LogP contribution in [-0.2, 0) is 31.7 Å². The van der Waals surface area contributed by atoms with E-state index in [1.54, 1.807) is 35.6 Å². The van der Waals surface area contributed by atoms with Crippen LogP contribution in [0.25, 0.3) is 22.8 Å². The first-order chi connectivity index (χ1) is 35.7. The highest BCUT2D eigenvalue weighted by atomic mass is 19.1. The number of nitrogens with zero attached hydrogens (tertiary/aromatic N) is 10. The number of likely N-dealkylation sites (tertiary alicyclic amines) is 2. The van der Waals surface area contributed by atoms with Crippen molar-refractivity contribution >= 4 is 29.5 Å². The first-order valence-electron chi connectivity index (χ1n) is 25.1. The van der Waals surface area contributed by atoms with Crippen molar-refractivity contribution in [1.29, 1.82) is 0 Å². The van der Waals surface area contributed by atoms with E-state index < -0.39 is 12.3 Å². The molecule has 0 bridgehead atoms. The second-order valence-electron chi connectivity index (χ2n) is 19.2. The fourth-order valence-corrected chi connectivity index (χ4v) is 9.59. The van der Waals surface area contributed by atoms with Crippen molar-refractivity contribution in [2.24, 2.45) is 31.7 Å². The summed E-state index contributed by atoms with van der Waals surface area (Å²) in [6.07, 6.45) is 5.84. The van der Waals surface area contributed by atoms with Crippen molar-refractivity contribution in [3.63, 3.8) is 0 Å². The number of tetrazole rings is 2. The lowest BCUT2D eigenvalue weighted by Gasteiger charge is -2.38. The number of alkyl carbamates (subject to hydrolysis) is 1. The molecule has 6 atom stereocenters. The average Bonchev–Trinajstić information content (AvgIpc) is 4.02. The molecule has 7 N–H and O–H groups in total. The molecule has 2 aromatic heterocycles. The maximum atomic E-state index is 13.3. The maximum Gasteiger partial charge on any atom is 0.408 e. The first-order valence-corrected chi connectivity index (χ1v) is 25.1. The van der Waals surface area contributed by atoms with Gasteiger partial charge in [-0.3, -0.25) is 9.80 Å². The van der Waals surface area contributed by atoms with Crippen LogP contribution in [-0.4, -0.2) is 126 Å². The van der Waals surface area contributed by atoms with E-state index >= 15 is 0 Å². The second kappa shape index (κ2) is 26.5. The molecule has 6 aromatic rings. The highest BCUT2D eigenvalue weighted by molar-refractivity contribution is 5.90. The molecule has 2 aliphatic heterocycles. The molecule has 20 nitrogen and oxygen atoms in total. The first kappa shape index (κ1) is 54.3. The molecule has 0 saturated carbocycles. The number of amides is 5. The minimum atomic E-state index is -0.521. The third-order valence-corrected chi connectivity index (χ3v) is 13.2. The number of aromatic nitrogens is 8. The Morgan fingerprint density at radius 3 is 1.61 bits per heavy atom. The van der Waals surface area contributed by atoms with Crippen LogP contribution in [0, 0.1) is 23.5 Å². The van der Waals surface area contributed by atoms with Crippen molar-refractivity contribution in [3.8, 4) is 22.8 Å². The van der Waals surface area contributed by atoms with E-state index in [2.05, 4.69) is 67.4 Å². The predicted octanol–water partition coefficient (Wildman–Crippen LogP) is 6.95. The Bertz CT molecular complexity index is 2750. The molecule has 74 heavy (non-hydrogen) atoms. The van der Waals surface area contributed by atoms with Crippen LogP contribution < -0.4 is 32.3 Å². The van der Waals surface area contributed by atoms with Gasteiger partial charge in [-0.25, -0.2) is 32.5 Å². The fraction of sp³-hybridized carbons (Fsp3) is 0.442. The molecule has 22 heteroatoms. The normalized spacial score (nSPS) is 17.6. The summed E-state index contributed by atoms with van der Waals surface area (Å²) in [6, 6.07) is 26.9. The summed E-state index contributed by atoms with van der Waals surface area (Å²) >= 11 is 0. The minimum absolute atomic E-state index is 0. The summed E-state index contributed by atoms with van der Waals surface area (Å²) < 4.78 is 35.4. The van der Waals surface area contributed by atoms with Gasteiger partial charge in [-0.1, -0.05) is 48.5 Å². The van der Waals surface area contributed by atoms with Gasteiger partial charge in [0, 0.05) is 83.2 Å². The number of hydrogen-bond acceptors (Lipinski definition) is 13. The zero-order chi connectivity index (χ0) is 52.6. The van der Waals surface area contributed by atoms with Gasteiger partial charge in [0.15, 0.2) is 17.9 Å². The van der Waals surface area contributed by atoms with E-state index in [1.807, 2.05) is 74.5 Å². The zero-order valence-electron chi connectivity index (χ0n) is 42.6. The average molecular weight is 1020 g/mol. The standard InChI is InChI=1S/C27H35FN8O3.C25H33FN8O.H2/c1-18(30-26(37)31-23-8-4-7-21(16-23)25-32-33-34-35(25)3)14-24(39-27(38)29-2)36-13-5-6-20(17-36)15-19-9-11-22(28)12-10-19;1-17(28-25(35)29-22-7-3-6-20(15-22)24-30-31-32-33(24)2)13-23(27)34-12-4-5-19(16-34)14-18-8-10-21(26)11-9-18;/h4,7-12,16,18,20,24H,5-6,13-15,17H2,1-3H3,(H,29,38)(H2,30,31,37);3,6-11,15,17,19,23H,4-5,12-14,16,27H2,1-2H3,(H2,28,29,35);1H/t18-,20+,24-;17-,19+,23+;/m11./s1. The molecule has 396 valence electrons. The summed E-state index contributed by atoms with van der Waals surface area (Å²) in [5, 5.41) is 37.2. The van der Waals surface area contributed by atoms with Crippen molar-refractivity contribution in [2.75, 3.05) is 43.9 Å². The Morgan fingerprint density at radius 2 is 1.15 bits per heavy atom. The number of rotatable bonds is 17. The summed E-state index contributed by atoms with van der Waals surface area (Å²) in [4.78, 5) is 42.0. The molecule has 4 aromatic carbocycles. The molecule has 4 heterocycles. The second-order valence-corrected chi connectivity index (χ2v) is 19.2. The van der Waals surface area contributed by atoms with Gasteiger partial charge in [-0.2, -0.15) is 0 Å². The van der Waals surface area contributed by atoms with Crippen molar-refractivity contribution in [2.45, 2.75) is 89.7 Å². The van der Waals surface area contributed by atoms with Crippen LogP contribution in [0.15, 0.2) is 97.1 Å². The molecule has 0 aliphatic carbocycles. The number of benzene rings is 4. The monoisotopic (exact) mass is 1020 g/mol. The molecule has 0 unspecified atom stereocenters. The van der Waals surface area contributed by atoms with Gasteiger partial charge in [0.1, 0.15) is 11.6 Å². The summed E-state index contributed by atoms with van der Waals surface area (Å²) in [5.74, 6) is 1.59. The number of halogens is 2. The number of hydrogen-bond donors (Lipinski definition) is 6. The SMILES string of the molecule is CNC(=O)O[C@H](C[C@@H](C)NC(=O)Nc1cccc(-c2nnnn2C)c1)N1CCC[C@@H](Cc2ccc(F)cc2)C1.C[C@H](C[C@@H](N)N1CCC[C@@H](Cc2ccc(F)cc2)C1)NC(=O)Nc1cccc(-c2nnnn2C)c1.[HH]. The lowest BCUT2D eigenvalue weighted by atomic mass is 9.90. The molecule has 2 saturated heterocycles. The number of aryl methyl sites for hydroxylation is 2. The Morgan fingerprint density at radius 1 is 0.689 bits per heavy atom. The van der Waals surface area contributed by atoms with Crippen molar-refractivity contribution in [3.05, 3.63) is 120 Å². The number of anilines is 2. The zero-order valence-corrected chi connectivity index (χ0v) is 42.6. The van der Waals surface area contributed by atoms with Crippen LogP contribution in [0.1, 0.15) is 64.9 Å². The number of piperidine rings is 2.